The lowest BCUT2D eigenvalue weighted by molar-refractivity contribution is -0.139. The Morgan fingerprint density at radius 2 is 0.970 bits per heavy atom. The molecule has 194 valence electrons. The van der Waals surface area contributed by atoms with Gasteiger partial charge in [-0.3, -0.25) is 0 Å². The van der Waals surface area contributed by atoms with E-state index < -0.39 is 0 Å². The van der Waals surface area contributed by atoms with Gasteiger partial charge in [0.15, 0.2) is 0 Å². The molecule has 0 aromatic rings. The Labute approximate surface area is 205 Å². The molecule has 0 rings (SSSR count). The van der Waals surface area contributed by atoms with E-state index in [2.05, 4.69) is 24.8 Å². The van der Waals surface area contributed by atoms with E-state index in [1.807, 2.05) is 6.92 Å². The average Bonchev–Trinajstić information content (AvgIpc) is 2.81. The molecule has 0 spiro atoms. The van der Waals surface area contributed by atoms with Crippen molar-refractivity contribution in [2.75, 3.05) is 13.2 Å². The molecule has 0 aliphatic rings. The number of ether oxygens (including phenoxy) is 2. The molecule has 4 heteroatoms. The highest BCUT2D eigenvalue weighted by atomic mass is 16.5. The summed E-state index contributed by atoms with van der Waals surface area (Å²) in [5.41, 5.74) is 0.492. The van der Waals surface area contributed by atoms with Crippen molar-refractivity contribution >= 4 is 11.9 Å². The fourth-order valence-corrected chi connectivity index (χ4v) is 3.31. The third kappa shape index (κ3) is 30.4. The fourth-order valence-electron chi connectivity index (χ4n) is 3.31. The number of carbonyl (C=O) groups excluding carboxylic acids is 2. The summed E-state index contributed by atoms with van der Waals surface area (Å²) in [5, 5.41) is 0. The predicted molar refractivity (Wildman–Crippen MR) is 141 cm³/mol. The zero-order valence-electron chi connectivity index (χ0n) is 22.3. The summed E-state index contributed by atoms with van der Waals surface area (Å²) in [7, 11) is 0. The normalized spacial score (nSPS) is 10.2. The smallest absolute Gasteiger partial charge is 0.333 e. The minimum atomic E-state index is -0.330. The van der Waals surface area contributed by atoms with Crippen LogP contribution in [-0.2, 0) is 19.1 Å². The summed E-state index contributed by atoms with van der Waals surface area (Å²) in [6.07, 6.45) is 24.9. The van der Waals surface area contributed by atoms with Gasteiger partial charge in [-0.25, -0.2) is 9.59 Å². The molecule has 0 atom stereocenters. The number of carbonyl (C=O) groups is 2. The van der Waals surface area contributed by atoms with Crippen molar-refractivity contribution in [3.05, 3.63) is 24.8 Å². The maximum atomic E-state index is 11.2. The summed E-state index contributed by atoms with van der Waals surface area (Å²) in [4.78, 5) is 21.5. The summed E-state index contributed by atoms with van der Waals surface area (Å²) < 4.78 is 9.76. The Kier molecular flexibility index (Phi) is 29.0. The van der Waals surface area contributed by atoms with Crippen molar-refractivity contribution in [1.29, 1.82) is 0 Å². The van der Waals surface area contributed by atoms with E-state index in [0.29, 0.717) is 18.8 Å². The van der Waals surface area contributed by atoms with Crippen LogP contribution in [0.5, 0.6) is 0 Å². The lowest BCUT2D eigenvalue weighted by Crippen LogP contribution is -2.05. The quantitative estimate of drug-likeness (QED) is 0.0908. The van der Waals surface area contributed by atoms with Crippen molar-refractivity contribution in [3.63, 3.8) is 0 Å². The Morgan fingerprint density at radius 1 is 0.606 bits per heavy atom. The van der Waals surface area contributed by atoms with E-state index in [0.717, 1.165) is 19.3 Å². The van der Waals surface area contributed by atoms with Crippen molar-refractivity contribution in [3.8, 4) is 0 Å². The third-order valence-electron chi connectivity index (χ3n) is 5.49. The number of unbranched alkanes of at least 4 members (excludes halogenated alkanes) is 16. The van der Waals surface area contributed by atoms with Crippen LogP contribution in [0.15, 0.2) is 24.8 Å². The first kappa shape index (κ1) is 33.6. The van der Waals surface area contributed by atoms with Gasteiger partial charge in [-0.15, -0.1) is 0 Å². The number of hydrogen-bond donors (Lipinski definition) is 0. The Morgan fingerprint density at radius 3 is 1.33 bits per heavy atom. The van der Waals surface area contributed by atoms with Crippen molar-refractivity contribution in [2.45, 2.75) is 136 Å². The molecule has 0 aromatic carbocycles. The first-order chi connectivity index (χ1) is 16.0. The predicted octanol–water partition coefficient (Wildman–Crippen LogP) is 8.88. The van der Waals surface area contributed by atoms with Gasteiger partial charge in [-0.2, -0.15) is 0 Å². The number of hydrogen-bond acceptors (Lipinski definition) is 4. The van der Waals surface area contributed by atoms with Crippen LogP contribution in [0.1, 0.15) is 136 Å². The molecule has 0 aliphatic heterocycles. The van der Waals surface area contributed by atoms with Gasteiger partial charge in [-0.1, -0.05) is 130 Å². The van der Waals surface area contributed by atoms with E-state index in [9.17, 15) is 9.59 Å². The zero-order valence-corrected chi connectivity index (χ0v) is 22.3. The topological polar surface area (TPSA) is 52.6 Å². The van der Waals surface area contributed by atoms with Crippen LogP contribution >= 0.6 is 0 Å². The molecule has 4 nitrogen and oxygen atoms in total. The van der Waals surface area contributed by atoms with Gasteiger partial charge >= 0.3 is 11.9 Å². The molecule has 0 amide bonds. The first-order valence-electron chi connectivity index (χ1n) is 13.6. The second-order valence-corrected chi connectivity index (χ2v) is 8.94. The molecule has 0 saturated carbocycles. The largest absolute Gasteiger partial charge is 0.463 e. The van der Waals surface area contributed by atoms with Crippen molar-refractivity contribution < 1.29 is 19.1 Å². The second kappa shape index (κ2) is 28.5. The maximum absolute atomic E-state index is 11.2. The monoisotopic (exact) mass is 466 g/mol. The molecule has 0 aliphatic carbocycles. The van der Waals surface area contributed by atoms with Gasteiger partial charge in [0.2, 0.25) is 0 Å². The van der Waals surface area contributed by atoms with Crippen LogP contribution in [0.2, 0.25) is 0 Å². The Balaban J connectivity index is 0. The Bertz CT molecular complexity index is 470. The SMILES string of the molecule is C=C(C)C(=O)OCCCCCCCCCCCCCCCCCC.C=CC(=O)OCCCC. The second-order valence-electron chi connectivity index (χ2n) is 8.94. The molecule has 0 aromatic heterocycles. The summed E-state index contributed by atoms with van der Waals surface area (Å²) in [5.74, 6) is -0.584. The van der Waals surface area contributed by atoms with Gasteiger partial charge in [-0.05, 0) is 19.8 Å². The van der Waals surface area contributed by atoms with Gasteiger partial charge < -0.3 is 9.47 Å². The first-order valence-corrected chi connectivity index (χ1v) is 13.6. The molecule has 0 radical (unpaired) electrons. The van der Waals surface area contributed by atoms with Crippen molar-refractivity contribution in [1.82, 2.24) is 0 Å². The van der Waals surface area contributed by atoms with Crippen LogP contribution in [0, 0.1) is 0 Å². The van der Waals surface area contributed by atoms with E-state index in [1.54, 1.807) is 6.92 Å². The zero-order chi connectivity index (χ0) is 25.0. The molecular weight excluding hydrogens is 412 g/mol. The summed E-state index contributed by atoms with van der Waals surface area (Å²) in [6, 6.07) is 0. The lowest BCUT2D eigenvalue weighted by Gasteiger charge is -2.05. The van der Waals surface area contributed by atoms with Gasteiger partial charge in [0, 0.05) is 11.6 Å². The third-order valence-corrected chi connectivity index (χ3v) is 5.49. The fraction of sp³-hybridized carbons (Fsp3) is 0.793. The van der Waals surface area contributed by atoms with E-state index in [-0.39, 0.29) is 11.9 Å². The van der Waals surface area contributed by atoms with E-state index in [4.69, 9.17) is 4.74 Å². The molecule has 0 N–H and O–H groups in total. The standard InChI is InChI=1S/C22H42O2.C7H12O2/c1-4-5-6-7-8-9-10-11-12-13-14-15-16-17-18-19-20-24-22(23)21(2)3;1-3-5-6-9-7(8)4-2/h2,4-20H2,1,3H3;4H,2-3,5-6H2,1H3. The van der Waals surface area contributed by atoms with E-state index >= 15 is 0 Å². The van der Waals surface area contributed by atoms with Crippen LogP contribution in [-0.4, -0.2) is 25.2 Å². The Hall–Kier alpha value is -1.58. The minimum absolute atomic E-state index is 0.254. The van der Waals surface area contributed by atoms with Crippen LogP contribution in [0.3, 0.4) is 0 Å². The number of rotatable bonds is 22. The minimum Gasteiger partial charge on any atom is -0.463 e. The van der Waals surface area contributed by atoms with Gasteiger partial charge in [0.05, 0.1) is 13.2 Å². The highest BCUT2D eigenvalue weighted by Crippen LogP contribution is 2.13. The maximum Gasteiger partial charge on any atom is 0.333 e. The molecule has 33 heavy (non-hydrogen) atoms. The molecular formula is C29H54O4. The van der Waals surface area contributed by atoms with Crippen LogP contribution < -0.4 is 0 Å². The van der Waals surface area contributed by atoms with Gasteiger partial charge in [0.1, 0.15) is 0 Å². The molecule has 0 heterocycles. The highest BCUT2D eigenvalue weighted by Gasteiger charge is 2.01. The lowest BCUT2D eigenvalue weighted by atomic mass is 10.0. The summed E-state index contributed by atoms with van der Waals surface area (Å²) in [6.45, 7) is 13.9. The molecule has 0 saturated heterocycles. The van der Waals surface area contributed by atoms with Crippen LogP contribution in [0.25, 0.3) is 0 Å². The van der Waals surface area contributed by atoms with Gasteiger partial charge in [0.25, 0.3) is 0 Å². The molecule has 0 fully saturated rings. The van der Waals surface area contributed by atoms with E-state index in [1.165, 1.54) is 102 Å². The number of esters is 2. The summed E-state index contributed by atoms with van der Waals surface area (Å²) >= 11 is 0. The molecule has 0 bridgehead atoms. The molecule has 0 unspecified atom stereocenters. The van der Waals surface area contributed by atoms with Crippen molar-refractivity contribution in [2.24, 2.45) is 0 Å². The average molecular weight is 467 g/mol. The van der Waals surface area contributed by atoms with Crippen LogP contribution in [0.4, 0.5) is 0 Å². The highest BCUT2D eigenvalue weighted by molar-refractivity contribution is 5.86.